The van der Waals surface area contributed by atoms with Crippen molar-refractivity contribution in [1.82, 2.24) is 0 Å². The minimum atomic E-state index is -0.861. The Hall–Kier alpha value is -2.14. The van der Waals surface area contributed by atoms with Crippen molar-refractivity contribution in [3.05, 3.63) is 51.2 Å². The van der Waals surface area contributed by atoms with E-state index >= 15 is 0 Å². The molecule has 0 bridgehead atoms. The zero-order valence-electron chi connectivity index (χ0n) is 15.5. The maximum Gasteiger partial charge on any atom is 0.307 e. The predicted molar refractivity (Wildman–Crippen MR) is 105 cm³/mol. The normalized spacial score (nSPS) is 16.8. The zero-order valence-corrected chi connectivity index (χ0v) is 16.3. The Morgan fingerprint density at radius 1 is 1.23 bits per heavy atom. The first-order valence-corrected chi connectivity index (χ1v) is 9.83. The molecule has 1 atom stereocenters. The second-order valence-electron chi connectivity index (χ2n) is 8.08. The number of hydrogen-bond donors (Lipinski definition) is 2. The fraction of sp³-hybridized carbons (Fsp3) is 0.429. The molecule has 3 rings (SSSR count). The van der Waals surface area contributed by atoms with E-state index in [0.29, 0.717) is 17.0 Å². The molecule has 4 nitrogen and oxygen atoms in total. The number of benzene rings is 1. The van der Waals surface area contributed by atoms with Crippen LogP contribution in [0.3, 0.4) is 0 Å². The van der Waals surface area contributed by atoms with E-state index in [-0.39, 0.29) is 12.3 Å². The summed E-state index contributed by atoms with van der Waals surface area (Å²) in [6.07, 6.45) is 3.13. The van der Waals surface area contributed by atoms with E-state index < -0.39 is 5.97 Å². The third kappa shape index (κ3) is 4.15. The Morgan fingerprint density at radius 2 is 1.92 bits per heavy atom. The van der Waals surface area contributed by atoms with E-state index in [1.54, 1.807) is 35.6 Å². The Balaban J connectivity index is 1.70. The number of carboxylic acids is 1. The molecule has 2 N–H and O–H groups in total. The fourth-order valence-electron chi connectivity index (χ4n) is 3.52. The molecule has 0 fully saturated rings. The summed E-state index contributed by atoms with van der Waals surface area (Å²) >= 11 is 1.69. The van der Waals surface area contributed by atoms with Gasteiger partial charge in [-0.05, 0) is 53.9 Å². The highest BCUT2D eigenvalue weighted by atomic mass is 32.1. The number of amides is 1. The minimum absolute atomic E-state index is 0.0127. The van der Waals surface area contributed by atoms with Gasteiger partial charge in [0.25, 0.3) is 5.91 Å². The predicted octanol–water partition coefficient (Wildman–Crippen LogP) is 4.78. The number of carbonyl (C=O) groups excluding carboxylic acids is 1. The summed E-state index contributed by atoms with van der Waals surface area (Å²) in [7, 11) is 0. The third-order valence-electron chi connectivity index (χ3n) is 5.19. The molecule has 0 saturated heterocycles. The molecule has 1 amide bonds. The van der Waals surface area contributed by atoms with E-state index in [1.807, 2.05) is 5.38 Å². The highest BCUT2D eigenvalue weighted by Gasteiger charge is 2.31. The molecule has 1 aliphatic rings. The second kappa shape index (κ2) is 7.23. The smallest absolute Gasteiger partial charge is 0.307 e. The number of thiophene rings is 1. The monoisotopic (exact) mass is 371 g/mol. The molecule has 0 saturated carbocycles. The zero-order chi connectivity index (χ0) is 18.9. The number of carboxylic acid groups (broad SMARTS) is 1. The molecule has 1 aromatic heterocycles. The van der Waals surface area contributed by atoms with Crippen LogP contribution in [0.1, 0.15) is 53.6 Å². The maximum absolute atomic E-state index is 12.7. The van der Waals surface area contributed by atoms with Crippen molar-refractivity contribution in [3.8, 4) is 0 Å². The van der Waals surface area contributed by atoms with Gasteiger partial charge in [-0.1, -0.05) is 32.9 Å². The average Bonchev–Trinajstić information content (AvgIpc) is 2.98. The lowest BCUT2D eigenvalue weighted by Crippen LogP contribution is -2.27. The van der Waals surface area contributed by atoms with Crippen LogP contribution in [-0.4, -0.2) is 17.0 Å². The average molecular weight is 372 g/mol. The lowest BCUT2D eigenvalue weighted by atomic mass is 9.72. The van der Waals surface area contributed by atoms with Crippen LogP contribution >= 0.6 is 11.3 Å². The summed E-state index contributed by atoms with van der Waals surface area (Å²) in [6.45, 7) is 6.87. The van der Waals surface area contributed by atoms with Crippen LogP contribution in [0.15, 0.2) is 29.6 Å². The van der Waals surface area contributed by atoms with E-state index in [0.717, 1.165) is 30.4 Å². The van der Waals surface area contributed by atoms with Crippen LogP contribution in [0.5, 0.6) is 0 Å². The van der Waals surface area contributed by atoms with Crippen LogP contribution in [0.2, 0.25) is 0 Å². The van der Waals surface area contributed by atoms with Gasteiger partial charge in [0.15, 0.2) is 0 Å². The van der Waals surface area contributed by atoms with Crippen LogP contribution in [0, 0.1) is 11.3 Å². The third-order valence-corrected chi connectivity index (χ3v) is 6.24. The van der Waals surface area contributed by atoms with E-state index in [1.165, 1.54) is 10.4 Å². The van der Waals surface area contributed by atoms with Gasteiger partial charge in [0.1, 0.15) is 0 Å². The number of hydrogen-bond acceptors (Lipinski definition) is 3. The SMILES string of the molecule is CC(C)(C)C1CCc2c(C(=O)Nc3ccc(CC(=O)O)cc3)csc2C1. The van der Waals surface area contributed by atoms with Gasteiger partial charge in [-0.3, -0.25) is 9.59 Å². The minimum Gasteiger partial charge on any atom is -0.481 e. The molecule has 0 aliphatic heterocycles. The first kappa shape index (κ1) is 18.6. The summed E-state index contributed by atoms with van der Waals surface area (Å²) in [5, 5.41) is 13.7. The molecule has 1 unspecified atom stereocenters. The van der Waals surface area contributed by atoms with Gasteiger partial charge in [0, 0.05) is 15.9 Å². The molecule has 0 radical (unpaired) electrons. The number of anilines is 1. The Kier molecular flexibility index (Phi) is 5.19. The quantitative estimate of drug-likeness (QED) is 0.813. The first-order chi connectivity index (χ1) is 12.2. The molecule has 2 aromatic rings. The Morgan fingerprint density at radius 3 is 2.54 bits per heavy atom. The summed E-state index contributed by atoms with van der Waals surface area (Å²) in [4.78, 5) is 24.8. The van der Waals surface area contributed by atoms with Gasteiger partial charge in [0.05, 0.1) is 12.0 Å². The maximum atomic E-state index is 12.7. The molecule has 1 aliphatic carbocycles. The van der Waals surface area contributed by atoms with Gasteiger partial charge < -0.3 is 10.4 Å². The molecule has 26 heavy (non-hydrogen) atoms. The fourth-order valence-corrected chi connectivity index (χ4v) is 4.68. The lowest BCUT2D eigenvalue weighted by molar-refractivity contribution is -0.136. The lowest BCUT2D eigenvalue weighted by Gasteiger charge is -2.34. The van der Waals surface area contributed by atoms with Crippen molar-refractivity contribution in [2.24, 2.45) is 11.3 Å². The van der Waals surface area contributed by atoms with Crippen molar-refractivity contribution in [1.29, 1.82) is 0 Å². The van der Waals surface area contributed by atoms with Crippen molar-refractivity contribution in [3.63, 3.8) is 0 Å². The van der Waals surface area contributed by atoms with Crippen LogP contribution in [-0.2, 0) is 24.1 Å². The van der Waals surface area contributed by atoms with Crippen LogP contribution in [0.4, 0.5) is 5.69 Å². The largest absolute Gasteiger partial charge is 0.481 e. The van der Waals surface area contributed by atoms with Crippen molar-refractivity contribution >= 4 is 28.9 Å². The number of rotatable bonds is 4. The van der Waals surface area contributed by atoms with Gasteiger partial charge in [0.2, 0.25) is 0 Å². The molecular formula is C21H25NO3S. The number of carbonyl (C=O) groups is 2. The first-order valence-electron chi connectivity index (χ1n) is 8.95. The van der Waals surface area contributed by atoms with E-state index in [9.17, 15) is 9.59 Å². The summed E-state index contributed by atoms with van der Waals surface area (Å²) in [5.74, 6) is -0.283. The Labute approximate surface area is 158 Å². The van der Waals surface area contributed by atoms with E-state index in [2.05, 4.69) is 26.1 Å². The molecular weight excluding hydrogens is 346 g/mol. The number of nitrogens with one attached hydrogen (secondary N) is 1. The van der Waals surface area contributed by atoms with Crippen molar-refractivity contribution in [2.45, 2.75) is 46.5 Å². The van der Waals surface area contributed by atoms with Crippen LogP contribution in [0.25, 0.3) is 0 Å². The number of fused-ring (bicyclic) bond motifs is 1. The van der Waals surface area contributed by atoms with Crippen molar-refractivity contribution in [2.75, 3.05) is 5.32 Å². The second-order valence-corrected chi connectivity index (χ2v) is 9.04. The highest BCUT2D eigenvalue weighted by molar-refractivity contribution is 7.10. The van der Waals surface area contributed by atoms with Gasteiger partial charge in [-0.25, -0.2) is 0 Å². The van der Waals surface area contributed by atoms with E-state index in [4.69, 9.17) is 5.11 Å². The molecule has 0 spiro atoms. The topological polar surface area (TPSA) is 66.4 Å². The molecule has 138 valence electrons. The summed E-state index contributed by atoms with van der Waals surface area (Å²) in [6, 6.07) is 6.98. The summed E-state index contributed by atoms with van der Waals surface area (Å²) < 4.78 is 0. The molecule has 1 aromatic carbocycles. The van der Waals surface area contributed by atoms with Gasteiger partial charge in [-0.2, -0.15) is 0 Å². The van der Waals surface area contributed by atoms with Gasteiger partial charge >= 0.3 is 5.97 Å². The highest BCUT2D eigenvalue weighted by Crippen LogP contribution is 2.40. The summed E-state index contributed by atoms with van der Waals surface area (Å²) in [5.41, 5.74) is 3.69. The molecule has 5 heteroatoms. The standard InChI is InChI=1S/C21H25NO3S/c1-21(2,3)14-6-9-16-17(12-26-18(16)11-14)20(25)22-15-7-4-13(5-8-15)10-19(23)24/h4-5,7-8,12,14H,6,9-11H2,1-3H3,(H,22,25)(H,23,24). The van der Waals surface area contributed by atoms with Gasteiger partial charge in [-0.15, -0.1) is 11.3 Å². The number of aliphatic carboxylic acids is 1. The van der Waals surface area contributed by atoms with Crippen LogP contribution < -0.4 is 5.32 Å². The van der Waals surface area contributed by atoms with Crippen molar-refractivity contribution < 1.29 is 14.7 Å². The Bertz CT molecular complexity index is 815. The molecule has 1 heterocycles.